The Bertz CT molecular complexity index is 443. The molecule has 2 aliphatic heterocycles. The van der Waals surface area contributed by atoms with Crippen molar-refractivity contribution in [1.82, 2.24) is 10.2 Å². The number of carbonyl (C=O) groups excluding carboxylic acids is 1. The summed E-state index contributed by atoms with van der Waals surface area (Å²) in [5.74, 6) is 0.208. The average molecular weight is 294 g/mol. The van der Waals surface area contributed by atoms with Crippen LogP contribution in [0.4, 0.5) is 0 Å². The summed E-state index contributed by atoms with van der Waals surface area (Å²) in [5, 5.41) is 5.45. The van der Waals surface area contributed by atoms with Crippen molar-refractivity contribution in [2.75, 3.05) is 13.2 Å². The topological polar surface area (TPSA) is 41.6 Å². The monoisotopic (exact) mass is 294 g/mol. The van der Waals surface area contributed by atoms with Crippen LogP contribution in [0.1, 0.15) is 43.6 Å². The molecule has 3 atom stereocenters. The lowest BCUT2D eigenvalue weighted by Crippen LogP contribution is -2.34. The Morgan fingerprint density at radius 1 is 1.50 bits per heavy atom. The van der Waals surface area contributed by atoms with Gasteiger partial charge in [-0.1, -0.05) is 6.07 Å². The Morgan fingerprint density at radius 3 is 3.10 bits per heavy atom. The molecule has 1 aromatic rings. The number of hydrogen-bond acceptors (Lipinski definition) is 4. The summed E-state index contributed by atoms with van der Waals surface area (Å²) < 4.78 is 5.77. The second kappa shape index (κ2) is 6.24. The number of carbonyl (C=O) groups is 1. The molecule has 4 nitrogen and oxygen atoms in total. The lowest BCUT2D eigenvalue weighted by molar-refractivity contribution is -0.130. The van der Waals surface area contributed by atoms with Gasteiger partial charge in [-0.2, -0.15) is 0 Å². The Kier molecular flexibility index (Phi) is 4.38. The molecule has 1 amide bonds. The van der Waals surface area contributed by atoms with Crippen molar-refractivity contribution in [1.29, 1.82) is 0 Å². The number of amides is 1. The number of nitrogens with zero attached hydrogens (tertiary/aromatic N) is 1. The lowest BCUT2D eigenvalue weighted by atomic mass is 10.1. The summed E-state index contributed by atoms with van der Waals surface area (Å²) in [6.07, 6.45) is 4.88. The van der Waals surface area contributed by atoms with Crippen LogP contribution in [-0.2, 0) is 9.53 Å². The van der Waals surface area contributed by atoms with E-state index in [0.717, 1.165) is 26.0 Å². The van der Waals surface area contributed by atoms with Gasteiger partial charge in [0.1, 0.15) is 6.17 Å². The van der Waals surface area contributed by atoms with Gasteiger partial charge < -0.3 is 9.64 Å². The van der Waals surface area contributed by atoms with E-state index in [9.17, 15) is 4.79 Å². The van der Waals surface area contributed by atoms with Gasteiger partial charge in [-0.05, 0) is 44.1 Å². The third-order valence-electron chi connectivity index (χ3n) is 4.15. The third-order valence-corrected chi connectivity index (χ3v) is 5.08. The van der Waals surface area contributed by atoms with Crippen LogP contribution in [0.5, 0.6) is 0 Å². The molecule has 0 aliphatic carbocycles. The molecule has 5 heteroatoms. The standard InChI is InChI=1S/C15H22N2O2S/c1-11-15(18)17(8-7-12-5-2-3-9-19-12)14(16-11)13-6-4-10-20-13/h4,6,10-12,14,16H,2-3,5,7-9H2,1H3. The first-order valence-corrected chi connectivity index (χ1v) is 8.35. The van der Waals surface area contributed by atoms with Crippen molar-refractivity contribution in [2.24, 2.45) is 0 Å². The van der Waals surface area contributed by atoms with Crippen LogP contribution in [0.15, 0.2) is 17.5 Å². The van der Waals surface area contributed by atoms with Crippen molar-refractivity contribution in [3.63, 3.8) is 0 Å². The Morgan fingerprint density at radius 2 is 2.40 bits per heavy atom. The van der Waals surface area contributed by atoms with Crippen molar-refractivity contribution in [3.05, 3.63) is 22.4 Å². The fourth-order valence-corrected chi connectivity index (χ4v) is 3.81. The zero-order chi connectivity index (χ0) is 13.9. The molecule has 0 bridgehead atoms. The minimum Gasteiger partial charge on any atom is -0.378 e. The predicted octanol–water partition coefficient (Wildman–Crippen LogP) is 2.53. The largest absolute Gasteiger partial charge is 0.378 e. The van der Waals surface area contributed by atoms with E-state index in [4.69, 9.17) is 4.74 Å². The molecule has 0 spiro atoms. The van der Waals surface area contributed by atoms with Gasteiger partial charge >= 0.3 is 0 Å². The summed E-state index contributed by atoms with van der Waals surface area (Å²) in [6.45, 7) is 3.60. The first-order chi connectivity index (χ1) is 9.75. The Labute approximate surface area is 124 Å². The van der Waals surface area contributed by atoms with Crippen LogP contribution in [0.3, 0.4) is 0 Å². The lowest BCUT2D eigenvalue weighted by Gasteiger charge is -2.27. The number of rotatable bonds is 4. The molecular weight excluding hydrogens is 272 g/mol. The highest BCUT2D eigenvalue weighted by atomic mass is 32.1. The maximum Gasteiger partial charge on any atom is 0.241 e. The SMILES string of the molecule is CC1NC(c2cccs2)N(CCC2CCCCO2)C1=O. The Balaban J connectivity index is 1.63. The number of nitrogens with one attached hydrogen (secondary N) is 1. The first kappa shape index (κ1) is 14.0. The highest BCUT2D eigenvalue weighted by molar-refractivity contribution is 7.10. The highest BCUT2D eigenvalue weighted by Gasteiger charge is 2.37. The van der Waals surface area contributed by atoms with Gasteiger partial charge in [0, 0.05) is 18.0 Å². The van der Waals surface area contributed by atoms with E-state index in [-0.39, 0.29) is 18.1 Å². The van der Waals surface area contributed by atoms with Gasteiger partial charge in [0.15, 0.2) is 0 Å². The fraction of sp³-hybridized carbons (Fsp3) is 0.667. The summed E-state index contributed by atoms with van der Waals surface area (Å²) in [6, 6.07) is 4.05. The smallest absolute Gasteiger partial charge is 0.241 e. The van der Waals surface area contributed by atoms with Crippen LogP contribution in [0.25, 0.3) is 0 Å². The molecule has 1 N–H and O–H groups in total. The molecule has 110 valence electrons. The molecule has 3 unspecified atom stereocenters. The first-order valence-electron chi connectivity index (χ1n) is 7.47. The summed E-state index contributed by atoms with van der Waals surface area (Å²) >= 11 is 1.70. The quantitative estimate of drug-likeness (QED) is 0.928. The number of hydrogen-bond donors (Lipinski definition) is 1. The maximum atomic E-state index is 12.3. The van der Waals surface area contributed by atoms with Crippen LogP contribution < -0.4 is 5.32 Å². The van der Waals surface area contributed by atoms with E-state index in [1.807, 2.05) is 17.9 Å². The predicted molar refractivity (Wildman–Crippen MR) is 79.6 cm³/mol. The van der Waals surface area contributed by atoms with Crippen LogP contribution >= 0.6 is 11.3 Å². The minimum absolute atomic E-state index is 0.0427. The summed E-state index contributed by atoms with van der Waals surface area (Å²) in [5.41, 5.74) is 0. The van der Waals surface area contributed by atoms with Crippen LogP contribution in [0, 0.1) is 0 Å². The normalized spacial score (nSPS) is 30.9. The van der Waals surface area contributed by atoms with Gasteiger partial charge in [-0.3, -0.25) is 10.1 Å². The number of thiophene rings is 1. The van der Waals surface area contributed by atoms with Crippen molar-refractivity contribution < 1.29 is 9.53 Å². The molecule has 2 aliphatic rings. The molecule has 0 saturated carbocycles. The van der Waals surface area contributed by atoms with E-state index in [1.54, 1.807) is 11.3 Å². The van der Waals surface area contributed by atoms with E-state index >= 15 is 0 Å². The Hall–Kier alpha value is -0.910. The van der Waals surface area contributed by atoms with Gasteiger partial charge in [-0.25, -0.2) is 0 Å². The van der Waals surface area contributed by atoms with Gasteiger partial charge in [-0.15, -0.1) is 11.3 Å². The van der Waals surface area contributed by atoms with Gasteiger partial charge in [0.25, 0.3) is 0 Å². The van der Waals surface area contributed by atoms with Crippen molar-refractivity contribution in [3.8, 4) is 0 Å². The second-order valence-electron chi connectivity index (χ2n) is 5.62. The molecule has 3 heterocycles. The van der Waals surface area contributed by atoms with Crippen molar-refractivity contribution >= 4 is 17.2 Å². The zero-order valence-electron chi connectivity index (χ0n) is 11.9. The van der Waals surface area contributed by atoms with E-state index < -0.39 is 0 Å². The molecular formula is C15H22N2O2S. The molecule has 2 saturated heterocycles. The second-order valence-corrected chi connectivity index (χ2v) is 6.59. The highest BCUT2D eigenvalue weighted by Crippen LogP contribution is 2.29. The van der Waals surface area contributed by atoms with Crippen LogP contribution in [0.2, 0.25) is 0 Å². The van der Waals surface area contributed by atoms with E-state index in [2.05, 4.69) is 16.8 Å². The van der Waals surface area contributed by atoms with Gasteiger partial charge in [0.2, 0.25) is 5.91 Å². The van der Waals surface area contributed by atoms with Crippen LogP contribution in [-0.4, -0.2) is 36.1 Å². The van der Waals surface area contributed by atoms with Crippen molar-refractivity contribution in [2.45, 2.75) is 50.9 Å². The minimum atomic E-state index is -0.0885. The fourth-order valence-electron chi connectivity index (χ4n) is 3.01. The summed E-state index contributed by atoms with van der Waals surface area (Å²) in [4.78, 5) is 15.5. The molecule has 1 aromatic heterocycles. The van der Waals surface area contributed by atoms with E-state index in [0.29, 0.717) is 6.10 Å². The molecule has 0 radical (unpaired) electrons. The number of ether oxygens (including phenoxy) is 1. The molecule has 20 heavy (non-hydrogen) atoms. The maximum absolute atomic E-state index is 12.3. The average Bonchev–Trinajstić information content (AvgIpc) is 3.08. The third kappa shape index (κ3) is 2.90. The molecule has 0 aromatic carbocycles. The molecule has 3 rings (SSSR count). The summed E-state index contributed by atoms with van der Waals surface area (Å²) in [7, 11) is 0. The van der Waals surface area contributed by atoms with Gasteiger partial charge in [0.05, 0.1) is 12.1 Å². The zero-order valence-corrected chi connectivity index (χ0v) is 12.7. The van der Waals surface area contributed by atoms with E-state index in [1.165, 1.54) is 17.7 Å². The molecule has 2 fully saturated rings.